The van der Waals surface area contributed by atoms with Crippen molar-refractivity contribution < 1.29 is 9.13 Å². The van der Waals surface area contributed by atoms with Crippen molar-refractivity contribution in [2.45, 2.75) is 0 Å². The molecule has 0 radical (unpaired) electrons. The third-order valence-corrected chi connectivity index (χ3v) is 11.1. The molecule has 0 fully saturated rings. The average molecular weight is 442 g/mol. The van der Waals surface area contributed by atoms with Gasteiger partial charge in [0.1, 0.15) is 7.14 Å². The van der Waals surface area contributed by atoms with Gasteiger partial charge in [0.25, 0.3) is 0 Å². The number of rotatable bonds is 7. The standard InChI is InChI=1S/C27H24O2P2/c28-30(24-14-5-1-6-15-24,25-16-7-2-8-17-25)22-13-23-31(29,26-18-9-3-10-19-26)27-20-11-4-12-21-27/h1-22H,23H2/b22-13-. The lowest BCUT2D eigenvalue weighted by Gasteiger charge is -2.19. The zero-order valence-corrected chi connectivity index (χ0v) is 18.9. The summed E-state index contributed by atoms with van der Waals surface area (Å²) < 4.78 is 28.4. The molecule has 0 unspecified atom stereocenters. The first-order valence-electron chi connectivity index (χ1n) is 10.2. The van der Waals surface area contributed by atoms with Crippen molar-refractivity contribution in [1.29, 1.82) is 0 Å². The van der Waals surface area contributed by atoms with Gasteiger partial charge in [-0.05, 0) is 5.82 Å². The van der Waals surface area contributed by atoms with Crippen LogP contribution in [0.5, 0.6) is 0 Å². The van der Waals surface area contributed by atoms with Crippen LogP contribution in [0, 0.1) is 0 Å². The minimum Gasteiger partial charge on any atom is -0.313 e. The molecular weight excluding hydrogens is 418 g/mol. The Morgan fingerprint density at radius 2 is 0.806 bits per heavy atom. The van der Waals surface area contributed by atoms with Crippen LogP contribution >= 0.6 is 14.3 Å². The van der Waals surface area contributed by atoms with Crippen molar-refractivity contribution in [3.63, 3.8) is 0 Å². The summed E-state index contributed by atoms with van der Waals surface area (Å²) in [5.74, 6) is 1.77. The smallest absolute Gasteiger partial charge is 0.163 e. The van der Waals surface area contributed by atoms with E-state index in [-0.39, 0.29) is 0 Å². The zero-order chi connectivity index (χ0) is 21.6. The third kappa shape index (κ3) is 4.57. The van der Waals surface area contributed by atoms with Crippen LogP contribution in [0.25, 0.3) is 0 Å². The summed E-state index contributed by atoms with van der Waals surface area (Å²) in [6.45, 7) is 0. The van der Waals surface area contributed by atoms with Crippen LogP contribution in [0.3, 0.4) is 0 Å². The number of hydrogen-bond donors (Lipinski definition) is 0. The SMILES string of the molecule is O=P(/C=C\CP(=O)(c1ccccc1)c1ccccc1)(c1ccccc1)c1ccccc1. The molecule has 0 aromatic heterocycles. The Kier molecular flexibility index (Phi) is 6.52. The van der Waals surface area contributed by atoms with E-state index in [9.17, 15) is 9.13 Å². The van der Waals surface area contributed by atoms with Gasteiger partial charge in [0.15, 0.2) is 7.14 Å². The van der Waals surface area contributed by atoms with Gasteiger partial charge in [-0.3, -0.25) is 0 Å². The maximum atomic E-state index is 14.2. The van der Waals surface area contributed by atoms with Gasteiger partial charge in [-0.25, -0.2) is 0 Å². The van der Waals surface area contributed by atoms with E-state index in [1.165, 1.54) is 0 Å². The molecular formula is C27H24O2P2. The highest BCUT2D eigenvalue weighted by Crippen LogP contribution is 2.48. The molecule has 0 aliphatic rings. The minimum atomic E-state index is -2.99. The molecule has 31 heavy (non-hydrogen) atoms. The van der Waals surface area contributed by atoms with Gasteiger partial charge in [-0.15, -0.1) is 0 Å². The van der Waals surface area contributed by atoms with E-state index < -0.39 is 14.3 Å². The molecule has 0 spiro atoms. The predicted molar refractivity (Wildman–Crippen MR) is 134 cm³/mol. The molecule has 2 nitrogen and oxygen atoms in total. The monoisotopic (exact) mass is 442 g/mol. The fourth-order valence-electron chi connectivity index (χ4n) is 3.66. The van der Waals surface area contributed by atoms with Crippen LogP contribution in [-0.2, 0) is 9.13 Å². The molecule has 4 heteroatoms. The molecule has 0 saturated heterocycles. The molecule has 4 rings (SSSR count). The molecule has 154 valence electrons. The van der Waals surface area contributed by atoms with Crippen molar-refractivity contribution in [2.24, 2.45) is 0 Å². The molecule has 0 aliphatic carbocycles. The second-order valence-corrected chi connectivity index (χ2v) is 12.8. The molecule has 0 saturated carbocycles. The number of hydrogen-bond acceptors (Lipinski definition) is 2. The Morgan fingerprint density at radius 3 is 1.16 bits per heavy atom. The first-order valence-corrected chi connectivity index (χ1v) is 13.9. The molecule has 0 amide bonds. The highest BCUT2D eigenvalue weighted by molar-refractivity contribution is 7.81. The van der Waals surface area contributed by atoms with Gasteiger partial charge in [-0.1, -0.05) is 127 Å². The second-order valence-electron chi connectivity index (χ2n) is 7.31. The molecule has 0 heterocycles. The van der Waals surface area contributed by atoms with Crippen molar-refractivity contribution >= 4 is 35.5 Å². The van der Waals surface area contributed by atoms with Crippen molar-refractivity contribution in [3.8, 4) is 0 Å². The molecule has 0 bridgehead atoms. The van der Waals surface area contributed by atoms with Gasteiger partial charge in [0.2, 0.25) is 0 Å². The van der Waals surface area contributed by atoms with Crippen molar-refractivity contribution in [2.75, 3.05) is 6.16 Å². The minimum absolute atomic E-state index is 0.310. The Bertz CT molecular complexity index is 1150. The van der Waals surface area contributed by atoms with E-state index in [2.05, 4.69) is 0 Å². The average Bonchev–Trinajstić information content (AvgIpc) is 2.86. The van der Waals surface area contributed by atoms with E-state index in [0.717, 1.165) is 21.2 Å². The number of allylic oxidation sites excluding steroid dienone is 1. The van der Waals surface area contributed by atoms with E-state index >= 15 is 0 Å². The summed E-state index contributed by atoms with van der Waals surface area (Å²) in [4.78, 5) is 0. The van der Waals surface area contributed by atoms with E-state index in [4.69, 9.17) is 0 Å². The first kappa shape index (κ1) is 21.3. The van der Waals surface area contributed by atoms with E-state index in [1.807, 2.05) is 127 Å². The van der Waals surface area contributed by atoms with Crippen molar-refractivity contribution in [1.82, 2.24) is 0 Å². The van der Waals surface area contributed by atoms with Crippen LogP contribution in [0.2, 0.25) is 0 Å². The van der Waals surface area contributed by atoms with Gasteiger partial charge in [0.05, 0.1) is 0 Å². The predicted octanol–water partition coefficient (Wildman–Crippen LogP) is 5.53. The van der Waals surface area contributed by atoms with Crippen LogP contribution in [0.1, 0.15) is 0 Å². The van der Waals surface area contributed by atoms with E-state index in [1.54, 1.807) is 5.82 Å². The van der Waals surface area contributed by atoms with Gasteiger partial charge in [-0.2, -0.15) is 0 Å². The van der Waals surface area contributed by atoms with Gasteiger partial charge >= 0.3 is 0 Å². The molecule has 0 atom stereocenters. The largest absolute Gasteiger partial charge is 0.313 e. The normalized spacial score (nSPS) is 12.1. The van der Waals surface area contributed by atoms with Crippen LogP contribution in [0.15, 0.2) is 133 Å². The first-order chi connectivity index (χ1) is 15.1. The molecule has 4 aromatic carbocycles. The lowest BCUT2D eigenvalue weighted by molar-refractivity contribution is 0.588. The van der Waals surface area contributed by atoms with Gasteiger partial charge in [0, 0.05) is 27.4 Å². The van der Waals surface area contributed by atoms with E-state index in [0.29, 0.717) is 6.16 Å². The fraction of sp³-hybridized carbons (Fsp3) is 0.0370. The number of benzene rings is 4. The molecule has 0 N–H and O–H groups in total. The van der Waals surface area contributed by atoms with Crippen LogP contribution in [0.4, 0.5) is 0 Å². The summed E-state index contributed by atoms with van der Waals surface area (Å²) in [6.07, 6.45) is 2.16. The zero-order valence-electron chi connectivity index (χ0n) is 17.1. The summed E-state index contributed by atoms with van der Waals surface area (Å²) in [6, 6.07) is 38.2. The quantitative estimate of drug-likeness (QED) is 0.353. The summed E-state index contributed by atoms with van der Waals surface area (Å²) >= 11 is 0. The van der Waals surface area contributed by atoms with Crippen molar-refractivity contribution in [3.05, 3.63) is 133 Å². The molecule has 0 aliphatic heterocycles. The fourth-order valence-corrected chi connectivity index (χ4v) is 8.53. The lowest BCUT2D eigenvalue weighted by atomic mass is 10.4. The molecule has 4 aromatic rings. The summed E-state index contributed by atoms with van der Waals surface area (Å²) in [7, 11) is -5.90. The highest BCUT2D eigenvalue weighted by atomic mass is 31.2. The maximum absolute atomic E-state index is 14.2. The summed E-state index contributed by atoms with van der Waals surface area (Å²) in [5, 5.41) is 3.15. The van der Waals surface area contributed by atoms with Crippen LogP contribution in [-0.4, -0.2) is 6.16 Å². The highest BCUT2D eigenvalue weighted by Gasteiger charge is 2.28. The third-order valence-electron chi connectivity index (χ3n) is 5.30. The lowest BCUT2D eigenvalue weighted by Crippen LogP contribution is -2.18. The topological polar surface area (TPSA) is 34.1 Å². The summed E-state index contributed by atoms with van der Waals surface area (Å²) in [5.41, 5.74) is 0. The van der Waals surface area contributed by atoms with Gasteiger partial charge < -0.3 is 9.13 Å². The second kappa shape index (κ2) is 9.48. The van der Waals surface area contributed by atoms with Crippen LogP contribution < -0.4 is 21.2 Å². The Morgan fingerprint density at radius 1 is 0.484 bits per heavy atom. The maximum Gasteiger partial charge on any atom is 0.163 e. The Hall–Kier alpha value is -2.92. The Labute approximate surface area is 184 Å². The Balaban J connectivity index is 1.76.